The number of hydrogen-bond donors (Lipinski definition) is 1. The van der Waals surface area contributed by atoms with Crippen LogP contribution in [-0.2, 0) is 6.54 Å². The van der Waals surface area contributed by atoms with Crippen LogP contribution >= 0.6 is 12.2 Å². The van der Waals surface area contributed by atoms with Crippen LogP contribution in [0.3, 0.4) is 0 Å². The summed E-state index contributed by atoms with van der Waals surface area (Å²) in [6.07, 6.45) is 5.97. The van der Waals surface area contributed by atoms with Gasteiger partial charge in [0.1, 0.15) is 0 Å². The highest BCUT2D eigenvalue weighted by Gasteiger charge is 2.30. The van der Waals surface area contributed by atoms with Crippen LogP contribution < -0.4 is 0 Å². The smallest absolute Gasteiger partial charge is 0.195 e. The van der Waals surface area contributed by atoms with Crippen LogP contribution in [0.25, 0.3) is 11.4 Å². The Hall–Kier alpha value is -1.53. The Morgan fingerprint density at radius 1 is 1.38 bits per heavy atom. The first-order chi connectivity index (χ1) is 10.1. The zero-order valence-corrected chi connectivity index (χ0v) is 13.4. The molecule has 0 radical (unpaired) electrons. The molecular weight excluding hydrogens is 282 g/mol. The number of nitrogens with zero attached hydrogens (tertiary/aromatic N) is 4. The van der Waals surface area contributed by atoms with Crippen LogP contribution in [0.15, 0.2) is 24.5 Å². The molecule has 21 heavy (non-hydrogen) atoms. The Labute approximate surface area is 130 Å². The predicted molar refractivity (Wildman–Crippen MR) is 85.5 cm³/mol. The first-order valence-corrected chi connectivity index (χ1v) is 7.72. The SMILES string of the molecule is CN1CCC(C)(Cn2c(-c3cccnc3)n[nH]c2=S)CC1. The molecule has 2 aromatic heterocycles. The maximum Gasteiger partial charge on any atom is 0.195 e. The van der Waals surface area contributed by atoms with E-state index >= 15 is 0 Å². The van der Waals surface area contributed by atoms with Crippen molar-refractivity contribution in [2.45, 2.75) is 26.3 Å². The Kier molecular flexibility index (Phi) is 3.91. The third-order valence-corrected chi connectivity index (χ3v) is 4.72. The van der Waals surface area contributed by atoms with E-state index in [0.29, 0.717) is 4.77 Å². The maximum absolute atomic E-state index is 5.43. The molecule has 1 N–H and O–H groups in total. The first-order valence-electron chi connectivity index (χ1n) is 7.32. The van der Waals surface area contributed by atoms with Gasteiger partial charge in [-0.3, -0.25) is 14.6 Å². The lowest BCUT2D eigenvalue weighted by molar-refractivity contribution is 0.120. The van der Waals surface area contributed by atoms with Crippen molar-refractivity contribution in [3.8, 4) is 11.4 Å². The molecule has 3 heterocycles. The highest BCUT2D eigenvalue weighted by atomic mass is 32.1. The Morgan fingerprint density at radius 3 is 2.81 bits per heavy atom. The van der Waals surface area contributed by atoms with Crippen molar-refractivity contribution in [2.24, 2.45) is 5.41 Å². The summed E-state index contributed by atoms with van der Waals surface area (Å²) in [6, 6.07) is 3.94. The van der Waals surface area contributed by atoms with Gasteiger partial charge in [-0.1, -0.05) is 6.92 Å². The molecule has 1 fully saturated rings. The van der Waals surface area contributed by atoms with Crippen molar-refractivity contribution in [2.75, 3.05) is 20.1 Å². The summed E-state index contributed by atoms with van der Waals surface area (Å²) in [6.45, 7) is 5.54. The molecule has 1 aliphatic rings. The molecule has 0 unspecified atom stereocenters. The topological polar surface area (TPSA) is 49.7 Å². The number of H-pyrrole nitrogens is 1. The average Bonchev–Trinajstić information content (AvgIpc) is 2.85. The molecule has 1 aliphatic heterocycles. The summed E-state index contributed by atoms with van der Waals surface area (Å²) in [5.41, 5.74) is 1.27. The molecule has 5 nitrogen and oxygen atoms in total. The molecule has 0 amide bonds. The van der Waals surface area contributed by atoms with Gasteiger partial charge in [-0.25, -0.2) is 0 Å². The highest BCUT2D eigenvalue weighted by molar-refractivity contribution is 7.71. The number of aromatic nitrogens is 4. The predicted octanol–water partition coefficient (Wildman–Crippen LogP) is 2.73. The van der Waals surface area contributed by atoms with Gasteiger partial charge in [0.05, 0.1) is 0 Å². The minimum Gasteiger partial charge on any atom is -0.306 e. The summed E-state index contributed by atoms with van der Waals surface area (Å²) >= 11 is 5.43. The first kappa shape index (κ1) is 14.4. The van der Waals surface area contributed by atoms with E-state index in [0.717, 1.165) is 31.0 Å². The number of aromatic amines is 1. The normalized spacial score (nSPS) is 18.8. The van der Waals surface area contributed by atoms with E-state index in [9.17, 15) is 0 Å². The number of likely N-dealkylation sites (tertiary alicyclic amines) is 1. The van der Waals surface area contributed by atoms with Crippen LogP contribution in [0, 0.1) is 10.2 Å². The molecule has 0 atom stereocenters. The quantitative estimate of drug-likeness (QED) is 0.886. The third-order valence-electron chi connectivity index (χ3n) is 4.41. The molecule has 3 rings (SSSR count). The van der Waals surface area contributed by atoms with E-state index in [1.807, 2.05) is 18.3 Å². The summed E-state index contributed by atoms with van der Waals surface area (Å²) in [7, 11) is 2.18. The Bertz CT molecular complexity index is 652. The molecule has 0 aromatic carbocycles. The van der Waals surface area contributed by atoms with Gasteiger partial charge in [-0.15, -0.1) is 0 Å². The number of nitrogens with one attached hydrogen (secondary N) is 1. The molecular formula is C15H21N5S. The number of pyridine rings is 1. The number of piperidine rings is 1. The zero-order chi connectivity index (χ0) is 14.9. The molecule has 2 aromatic rings. The lowest BCUT2D eigenvalue weighted by Gasteiger charge is -2.38. The molecule has 0 spiro atoms. The third kappa shape index (κ3) is 3.06. The van der Waals surface area contributed by atoms with Crippen molar-refractivity contribution in [3.05, 3.63) is 29.3 Å². The number of hydrogen-bond acceptors (Lipinski definition) is 4. The average molecular weight is 303 g/mol. The van der Waals surface area contributed by atoms with Crippen LogP contribution in [0.5, 0.6) is 0 Å². The van der Waals surface area contributed by atoms with Gasteiger partial charge >= 0.3 is 0 Å². The summed E-state index contributed by atoms with van der Waals surface area (Å²) in [5, 5.41) is 7.32. The van der Waals surface area contributed by atoms with Crippen molar-refractivity contribution >= 4 is 12.2 Å². The largest absolute Gasteiger partial charge is 0.306 e. The van der Waals surface area contributed by atoms with Gasteiger partial charge in [0.15, 0.2) is 10.6 Å². The Balaban J connectivity index is 1.89. The van der Waals surface area contributed by atoms with E-state index in [1.165, 1.54) is 12.8 Å². The fourth-order valence-corrected chi connectivity index (χ4v) is 3.07. The minimum absolute atomic E-state index is 0.269. The summed E-state index contributed by atoms with van der Waals surface area (Å²) < 4.78 is 2.81. The van der Waals surface area contributed by atoms with Crippen LogP contribution in [0.4, 0.5) is 0 Å². The summed E-state index contributed by atoms with van der Waals surface area (Å²) in [5.74, 6) is 0.883. The molecule has 6 heteroatoms. The minimum atomic E-state index is 0.269. The second-order valence-corrected chi connectivity index (χ2v) is 6.68. The second kappa shape index (κ2) is 5.69. The van der Waals surface area contributed by atoms with Gasteiger partial charge < -0.3 is 4.90 Å². The van der Waals surface area contributed by atoms with E-state index in [-0.39, 0.29) is 5.41 Å². The second-order valence-electron chi connectivity index (χ2n) is 6.29. The lowest BCUT2D eigenvalue weighted by Crippen LogP contribution is -2.38. The van der Waals surface area contributed by atoms with Gasteiger partial charge in [-0.2, -0.15) is 5.10 Å². The van der Waals surface area contributed by atoms with E-state index < -0.39 is 0 Å². The monoisotopic (exact) mass is 303 g/mol. The maximum atomic E-state index is 5.43. The molecule has 1 saturated heterocycles. The molecule has 112 valence electrons. The van der Waals surface area contributed by atoms with Crippen LogP contribution in [0.2, 0.25) is 0 Å². The fraction of sp³-hybridized carbons (Fsp3) is 0.533. The van der Waals surface area contributed by atoms with Crippen molar-refractivity contribution in [1.82, 2.24) is 24.6 Å². The summed E-state index contributed by atoms with van der Waals surface area (Å²) in [4.78, 5) is 6.56. The lowest BCUT2D eigenvalue weighted by atomic mass is 9.80. The van der Waals surface area contributed by atoms with Gasteiger partial charge in [-0.05, 0) is 62.7 Å². The van der Waals surface area contributed by atoms with Crippen LogP contribution in [-0.4, -0.2) is 44.8 Å². The molecule has 0 saturated carbocycles. The van der Waals surface area contributed by atoms with Crippen molar-refractivity contribution in [3.63, 3.8) is 0 Å². The van der Waals surface area contributed by atoms with Gasteiger partial charge in [0.25, 0.3) is 0 Å². The fourth-order valence-electron chi connectivity index (χ4n) is 2.88. The van der Waals surface area contributed by atoms with E-state index in [1.54, 1.807) is 6.20 Å². The highest BCUT2D eigenvalue weighted by Crippen LogP contribution is 2.33. The van der Waals surface area contributed by atoms with Gasteiger partial charge in [0, 0.05) is 24.5 Å². The van der Waals surface area contributed by atoms with E-state index in [2.05, 4.69) is 38.6 Å². The van der Waals surface area contributed by atoms with Crippen molar-refractivity contribution < 1.29 is 0 Å². The standard InChI is InChI=1S/C15H21N5S/c1-15(5-8-19(2)9-6-15)11-20-13(17-18-14(20)21)12-4-3-7-16-10-12/h3-4,7,10H,5-6,8-9,11H2,1-2H3,(H,18,21). The number of rotatable bonds is 3. The van der Waals surface area contributed by atoms with Crippen molar-refractivity contribution in [1.29, 1.82) is 0 Å². The molecule has 0 bridgehead atoms. The Morgan fingerprint density at radius 2 is 2.14 bits per heavy atom. The molecule has 0 aliphatic carbocycles. The van der Waals surface area contributed by atoms with Crippen LogP contribution in [0.1, 0.15) is 19.8 Å². The van der Waals surface area contributed by atoms with E-state index in [4.69, 9.17) is 12.2 Å². The zero-order valence-electron chi connectivity index (χ0n) is 12.5. The van der Waals surface area contributed by atoms with Gasteiger partial charge in [0.2, 0.25) is 0 Å².